The summed E-state index contributed by atoms with van der Waals surface area (Å²) in [6, 6.07) is -2.28. The van der Waals surface area contributed by atoms with Gasteiger partial charge in [-0.2, -0.15) is 0 Å². The van der Waals surface area contributed by atoms with Crippen molar-refractivity contribution in [3.63, 3.8) is 0 Å². The number of hydrogen-bond donors (Lipinski definition) is 6. The maximum absolute atomic E-state index is 12.2. The predicted octanol–water partition coefficient (Wildman–Crippen LogP) is 3.40. The van der Waals surface area contributed by atoms with Gasteiger partial charge in [0.1, 0.15) is 12.1 Å². The molecule has 266 valence electrons. The molecule has 0 fully saturated rings. The molecule has 0 aliphatic heterocycles. The van der Waals surface area contributed by atoms with E-state index in [0.29, 0.717) is 45.8 Å². The standard InChI is InChI=1S/C32H57N3O11/c1-2-45-23-24-46-22-21-33-27(36)19-17-25(31(41)42)34-28(37)15-13-11-9-7-5-3-4-6-8-10-12-14-16-29(38)35-26(32(43)44)18-20-30(39)40/h25-26H,2-24H2,1H3,(H,33,36)(H,34,37)(H,35,38)(H,39,40)(H,41,42)(H,43,44). The smallest absolute Gasteiger partial charge is 0.326 e. The summed E-state index contributed by atoms with van der Waals surface area (Å²) in [5, 5.41) is 34.8. The topological polar surface area (TPSA) is 218 Å². The van der Waals surface area contributed by atoms with Gasteiger partial charge in [-0.25, -0.2) is 9.59 Å². The molecule has 0 rings (SSSR count). The number of carbonyl (C=O) groups is 6. The number of carbonyl (C=O) groups excluding carboxylic acids is 3. The molecule has 3 amide bonds. The van der Waals surface area contributed by atoms with E-state index in [-0.39, 0.29) is 56.2 Å². The van der Waals surface area contributed by atoms with Crippen molar-refractivity contribution in [2.24, 2.45) is 0 Å². The minimum atomic E-state index is -1.23. The van der Waals surface area contributed by atoms with E-state index in [1.54, 1.807) is 0 Å². The maximum Gasteiger partial charge on any atom is 0.326 e. The molecule has 14 nitrogen and oxygen atoms in total. The summed E-state index contributed by atoms with van der Waals surface area (Å²) in [7, 11) is 0. The summed E-state index contributed by atoms with van der Waals surface area (Å²) in [6.07, 6.45) is 11.8. The first-order valence-electron chi connectivity index (χ1n) is 16.7. The van der Waals surface area contributed by atoms with Crippen LogP contribution in [-0.2, 0) is 38.2 Å². The minimum absolute atomic E-state index is 0.00966. The van der Waals surface area contributed by atoms with Gasteiger partial charge in [-0.1, -0.05) is 64.2 Å². The molecule has 0 aromatic carbocycles. The molecule has 46 heavy (non-hydrogen) atoms. The van der Waals surface area contributed by atoms with Gasteiger partial charge in [0.25, 0.3) is 0 Å². The second-order valence-electron chi connectivity index (χ2n) is 11.3. The molecule has 0 radical (unpaired) electrons. The summed E-state index contributed by atoms with van der Waals surface area (Å²) < 4.78 is 10.4. The van der Waals surface area contributed by atoms with Crippen LogP contribution in [0.15, 0.2) is 0 Å². The van der Waals surface area contributed by atoms with E-state index in [1.807, 2.05) is 6.92 Å². The van der Waals surface area contributed by atoms with Gasteiger partial charge >= 0.3 is 17.9 Å². The van der Waals surface area contributed by atoms with Crippen molar-refractivity contribution < 1.29 is 53.6 Å². The summed E-state index contributed by atoms with van der Waals surface area (Å²) >= 11 is 0. The zero-order valence-electron chi connectivity index (χ0n) is 27.5. The van der Waals surface area contributed by atoms with Crippen LogP contribution in [0.4, 0.5) is 0 Å². The third-order valence-corrected chi connectivity index (χ3v) is 7.28. The summed E-state index contributed by atoms with van der Waals surface area (Å²) in [5.41, 5.74) is 0. The van der Waals surface area contributed by atoms with Crippen LogP contribution in [0.25, 0.3) is 0 Å². The maximum atomic E-state index is 12.2. The molecule has 0 heterocycles. The van der Waals surface area contributed by atoms with Gasteiger partial charge in [0.15, 0.2) is 0 Å². The van der Waals surface area contributed by atoms with Crippen molar-refractivity contribution in [1.29, 1.82) is 0 Å². The highest BCUT2D eigenvalue weighted by Gasteiger charge is 2.21. The average molecular weight is 660 g/mol. The Hall–Kier alpha value is -3.26. The van der Waals surface area contributed by atoms with Gasteiger partial charge in [-0.15, -0.1) is 0 Å². The zero-order chi connectivity index (χ0) is 34.4. The predicted molar refractivity (Wildman–Crippen MR) is 170 cm³/mol. The van der Waals surface area contributed by atoms with Gasteiger partial charge < -0.3 is 40.7 Å². The lowest BCUT2D eigenvalue weighted by Gasteiger charge is -2.14. The van der Waals surface area contributed by atoms with Crippen molar-refractivity contribution in [3.05, 3.63) is 0 Å². The van der Waals surface area contributed by atoms with Crippen molar-refractivity contribution in [2.45, 2.75) is 135 Å². The number of hydrogen-bond acceptors (Lipinski definition) is 8. The van der Waals surface area contributed by atoms with Crippen molar-refractivity contribution in [1.82, 2.24) is 16.0 Å². The number of rotatable bonds is 32. The number of carboxylic acid groups (broad SMARTS) is 3. The number of carboxylic acids is 3. The van der Waals surface area contributed by atoms with Crippen LogP contribution in [-0.4, -0.2) is 96.0 Å². The highest BCUT2D eigenvalue weighted by Crippen LogP contribution is 2.13. The van der Waals surface area contributed by atoms with Gasteiger partial charge in [0.05, 0.1) is 19.8 Å². The van der Waals surface area contributed by atoms with Crippen LogP contribution in [0.2, 0.25) is 0 Å². The Bertz CT molecular complexity index is 885. The van der Waals surface area contributed by atoms with E-state index < -0.39 is 30.0 Å². The molecule has 14 heteroatoms. The third kappa shape index (κ3) is 27.1. The summed E-state index contributed by atoms with van der Waals surface area (Å²) in [4.78, 5) is 69.4. The number of amides is 3. The van der Waals surface area contributed by atoms with E-state index in [0.717, 1.165) is 64.2 Å². The average Bonchev–Trinajstić information content (AvgIpc) is 3.00. The second-order valence-corrected chi connectivity index (χ2v) is 11.3. The van der Waals surface area contributed by atoms with Gasteiger partial charge in [-0.05, 0) is 32.6 Å². The Balaban J connectivity index is 3.73. The Labute approximate surface area is 272 Å². The number of ether oxygens (including phenoxy) is 2. The van der Waals surface area contributed by atoms with Crippen LogP contribution in [0.1, 0.15) is 122 Å². The lowest BCUT2D eigenvalue weighted by atomic mass is 10.0. The molecule has 0 saturated carbocycles. The molecule has 0 aliphatic rings. The van der Waals surface area contributed by atoms with E-state index in [2.05, 4.69) is 16.0 Å². The fourth-order valence-corrected chi connectivity index (χ4v) is 4.65. The van der Waals surface area contributed by atoms with E-state index >= 15 is 0 Å². The van der Waals surface area contributed by atoms with E-state index in [9.17, 15) is 33.9 Å². The molecule has 2 atom stereocenters. The van der Waals surface area contributed by atoms with Crippen LogP contribution < -0.4 is 16.0 Å². The quantitative estimate of drug-likeness (QED) is 0.0575. The normalized spacial score (nSPS) is 12.2. The highest BCUT2D eigenvalue weighted by molar-refractivity contribution is 5.85. The first-order valence-corrected chi connectivity index (χ1v) is 16.7. The SMILES string of the molecule is CCOCCOCCNC(=O)CCC(NC(=O)CCCCCCCCCCCCCCC(=O)NC(CCC(=O)O)C(=O)O)C(=O)O. The summed E-state index contributed by atoms with van der Waals surface area (Å²) in [6.45, 7) is 4.09. The third-order valence-electron chi connectivity index (χ3n) is 7.28. The van der Waals surface area contributed by atoms with Crippen LogP contribution >= 0.6 is 0 Å². The molecule has 0 aromatic rings. The van der Waals surface area contributed by atoms with E-state index in [1.165, 1.54) is 0 Å². The fourth-order valence-electron chi connectivity index (χ4n) is 4.65. The van der Waals surface area contributed by atoms with E-state index in [4.69, 9.17) is 19.7 Å². The molecule has 0 spiro atoms. The molecule has 0 aromatic heterocycles. The Morgan fingerprint density at radius 2 is 0.935 bits per heavy atom. The molecule has 0 aliphatic carbocycles. The van der Waals surface area contributed by atoms with Gasteiger partial charge in [-0.3, -0.25) is 19.2 Å². The Kier molecular flexibility index (Phi) is 27.1. The largest absolute Gasteiger partial charge is 0.481 e. The number of nitrogens with one attached hydrogen (secondary N) is 3. The number of aliphatic carboxylic acids is 3. The zero-order valence-corrected chi connectivity index (χ0v) is 27.5. The molecule has 0 saturated heterocycles. The van der Waals surface area contributed by atoms with Crippen LogP contribution in [0.3, 0.4) is 0 Å². The Morgan fingerprint density at radius 1 is 0.522 bits per heavy atom. The molecule has 6 N–H and O–H groups in total. The van der Waals surface area contributed by atoms with Crippen molar-refractivity contribution >= 4 is 35.6 Å². The lowest BCUT2D eigenvalue weighted by molar-refractivity contribution is -0.143. The fraction of sp³-hybridized carbons (Fsp3) is 0.812. The Morgan fingerprint density at radius 3 is 1.35 bits per heavy atom. The van der Waals surface area contributed by atoms with Gasteiger partial charge in [0, 0.05) is 38.8 Å². The molecule has 2 unspecified atom stereocenters. The molecular formula is C32H57N3O11. The first kappa shape index (κ1) is 42.7. The monoisotopic (exact) mass is 659 g/mol. The summed E-state index contributed by atoms with van der Waals surface area (Å²) in [5.74, 6) is -4.48. The van der Waals surface area contributed by atoms with Crippen LogP contribution in [0.5, 0.6) is 0 Å². The van der Waals surface area contributed by atoms with Crippen molar-refractivity contribution in [2.75, 3.05) is 33.0 Å². The molecular weight excluding hydrogens is 602 g/mol. The van der Waals surface area contributed by atoms with Gasteiger partial charge in [0.2, 0.25) is 17.7 Å². The number of unbranched alkanes of at least 4 members (excludes halogenated alkanes) is 11. The van der Waals surface area contributed by atoms with Crippen molar-refractivity contribution in [3.8, 4) is 0 Å². The van der Waals surface area contributed by atoms with Crippen LogP contribution in [0, 0.1) is 0 Å². The highest BCUT2D eigenvalue weighted by atomic mass is 16.5. The first-order chi connectivity index (χ1) is 22.1. The minimum Gasteiger partial charge on any atom is -0.481 e. The second kappa shape index (κ2) is 29.2. The lowest BCUT2D eigenvalue weighted by Crippen LogP contribution is -2.41. The molecule has 0 bridgehead atoms.